The summed E-state index contributed by atoms with van der Waals surface area (Å²) >= 11 is 0. The molecule has 0 aliphatic carbocycles. The highest BCUT2D eigenvalue weighted by molar-refractivity contribution is 5.63. The van der Waals surface area contributed by atoms with Crippen LogP contribution < -0.4 is 21.9 Å². The fourth-order valence-corrected chi connectivity index (χ4v) is 3.70. The molecule has 3 N–H and O–H groups in total. The maximum Gasteiger partial charge on any atom is 0.330 e. The molecule has 0 bridgehead atoms. The minimum atomic E-state index is -0.997. The van der Waals surface area contributed by atoms with Crippen LogP contribution in [0.5, 0.6) is 0 Å². The summed E-state index contributed by atoms with van der Waals surface area (Å²) in [5.74, 6) is -2.04. The van der Waals surface area contributed by atoms with Gasteiger partial charge in [-0.1, -0.05) is 72.8 Å². The third-order valence-corrected chi connectivity index (χ3v) is 5.32. The molecule has 1 heterocycles. The molecule has 0 radical (unpaired) electrons. The highest BCUT2D eigenvalue weighted by Gasteiger charge is 2.21. The summed E-state index contributed by atoms with van der Waals surface area (Å²) in [4.78, 5) is 29.3. The van der Waals surface area contributed by atoms with Gasteiger partial charge in [-0.15, -0.1) is 0 Å². The lowest BCUT2D eigenvalue weighted by atomic mass is 10.1. The van der Waals surface area contributed by atoms with E-state index < -0.39 is 22.9 Å². The van der Waals surface area contributed by atoms with Crippen molar-refractivity contribution < 1.29 is 8.78 Å². The lowest BCUT2D eigenvalue weighted by Crippen LogP contribution is -2.38. The van der Waals surface area contributed by atoms with E-state index in [9.17, 15) is 18.4 Å². The second-order valence-corrected chi connectivity index (χ2v) is 7.62. The monoisotopic (exact) mass is 448 g/mol. The van der Waals surface area contributed by atoms with Crippen LogP contribution in [0.1, 0.15) is 16.7 Å². The first-order valence-electron chi connectivity index (χ1n) is 10.3. The van der Waals surface area contributed by atoms with Gasteiger partial charge in [-0.05, 0) is 17.2 Å². The zero-order valence-electron chi connectivity index (χ0n) is 17.7. The third-order valence-electron chi connectivity index (χ3n) is 5.32. The number of rotatable bonds is 7. The number of nitrogens with zero attached hydrogens (tertiary/aromatic N) is 2. The second-order valence-electron chi connectivity index (χ2n) is 7.62. The molecule has 0 aliphatic rings. The highest BCUT2D eigenvalue weighted by atomic mass is 19.2. The average Bonchev–Trinajstić information content (AvgIpc) is 2.81. The molecule has 8 heteroatoms. The van der Waals surface area contributed by atoms with E-state index in [1.54, 1.807) is 4.90 Å². The van der Waals surface area contributed by atoms with E-state index in [1.807, 2.05) is 60.7 Å². The van der Waals surface area contributed by atoms with Gasteiger partial charge in [-0.3, -0.25) is 14.3 Å². The van der Waals surface area contributed by atoms with Gasteiger partial charge in [-0.2, -0.15) is 0 Å². The van der Waals surface area contributed by atoms with Gasteiger partial charge < -0.3 is 10.6 Å². The maximum atomic E-state index is 14.5. The smallest absolute Gasteiger partial charge is 0.330 e. The lowest BCUT2D eigenvalue weighted by Gasteiger charge is -2.27. The van der Waals surface area contributed by atoms with Gasteiger partial charge in [0.25, 0.3) is 5.56 Å². The molecule has 6 nitrogen and oxygen atoms in total. The standard InChI is InChI=1S/C25H22F2N4O2/c26-20-13-7-12-19(21(20)27)16-30(14-17-8-3-1-4-9-17)22-23(28)31(25(33)29-24(22)32)15-18-10-5-2-6-11-18/h1-13H,14-16,28H2,(H,29,32,33). The van der Waals surface area contributed by atoms with E-state index in [0.717, 1.165) is 17.2 Å². The molecule has 168 valence electrons. The molecule has 33 heavy (non-hydrogen) atoms. The SMILES string of the molecule is Nc1c(N(Cc2ccccc2)Cc2cccc(F)c2F)c(=O)[nH]c(=O)n1Cc1ccccc1. The van der Waals surface area contributed by atoms with Gasteiger partial charge >= 0.3 is 5.69 Å². The van der Waals surface area contributed by atoms with E-state index in [-0.39, 0.29) is 36.7 Å². The number of nitrogen functional groups attached to an aromatic ring is 1. The Morgan fingerprint density at radius 1 is 0.818 bits per heavy atom. The number of aromatic amines is 1. The zero-order chi connectivity index (χ0) is 23.4. The number of nitrogens with two attached hydrogens (primary N) is 1. The number of anilines is 2. The zero-order valence-corrected chi connectivity index (χ0v) is 17.7. The number of nitrogens with one attached hydrogen (secondary N) is 1. The Balaban J connectivity index is 1.82. The lowest BCUT2D eigenvalue weighted by molar-refractivity contribution is 0.497. The van der Waals surface area contributed by atoms with Crippen molar-refractivity contribution in [2.45, 2.75) is 19.6 Å². The van der Waals surface area contributed by atoms with E-state index in [0.29, 0.717) is 0 Å². The molecule has 0 unspecified atom stereocenters. The molecule has 0 saturated heterocycles. The molecule has 0 aliphatic heterocycles. The maximum absolute atomic E-state index is 14.5. The van der Waals surface area contributed by atoms with E-state index in [4.69, 9.17) is 5.73 Å². The first-order valence-corrected chi connectivity index (χ1v) is 10.3. The van der Waals surface area contributed by atoms with E-state index in [1.165, 1.54) is 16.7 Å². The Morgan fingerprint density at radius 2 is 1.45 bits per heavy atom. The predicted octanol–water partition coefficient (Wildman–Crippen LogP) is 3.65. The number of aromatic nitrogens is 2. The molecule has 0 saturated carbocycles. The number of benzene rings is 3. The van der Waals surface area contributed by atoms with Crippen molar-refractivity contribution in [2.24, 2.45) is 0 Å². The fourth-order valence-electron chi connectivity index (χ4n) is 3.70. The van der Waals surface area contributed by atoms with Gasteiger partial charge in [-0.25, -0.2) is 13.6 Å². The molecule has 1 aromatic heterocycles. The molecular formula is C25H22F2N4O2. The van der Waals surface area contributed by atoms with Crippen LogP contribution in [0, 0.1) is 11.6 Å². The molecule has 0 amide bonds. The van der Waals surface area contributed by atoms with Gasteiger partial charge in [0.15, 0.2) is 11.6 Å². The Kier molecular flexibility index (Phi) is 6.35. The number of halogens is 2. The number of hydrogen-bond acceptors (Lipinski definition) is 4. The summed E-state index contributed by atoms with van der Waals surface area (Å²) in [6.45, 7) is 0.200. The number of H-pyrrole nitrogens is 1. The molecule has 0 atom stereocenters. The van der Waals surface area contributed by atoms with Crippen LogP contribution in [0.2, 0.25) is 0 Å². The van der Waals surface area contributed by atoms with Crippen LogP contribution in [-0.2, 0) is 19.6 Å². The summed E-state index contributed by atoms with van der Waals surface area (Å²) in [5, 5.41) is 0. The van der Waals surface area contributed by atoms with E-state index in [2.05, 4.69) is 4.98 Å². The van der Waals surface area contributed by atoms with Crippen LogP contribution in [-0.4, -0.2) is 9.55 Å². The summed E-state index contributed by atoms with van der Waals surface area (Å²) in [6, 6.07) is 22.3. The largest absolute Gasteiger partial charge is 0.383 e. The predicted molar refractivity (Wildman–Crippen MR) is 124 cm³/mol. The molecule has 4 rings (SSSR count). The van der Waals surface area contributed by atoms with Gasteiger partial charge in [0.1, 0.15) is 11.5 Å². The summed E-state index contributed by atoms with van der Waals surface area (Å²) in [6.07, 6.45) is 0. The van der Waals surface area contributed by atoms with Crippen LogP contribution in [0.3, 0.4) is 0 Å². The minimum absolute atomic E-state index is 0.0121. The fraction of sp³-hybridized carbons (Fsp3) is 0.120. The van der Waals surface area contributed by atoms with Crippen molar-refractivity contribution >= 4 is 11.5 Å². The van der Waals surface area contributed by atoms with Crippen LogP contribution >= 0.6 is 0 Å². The Bertz CT molecular complexity index is 1370. The van der Waals surface area contributed by atoms with Crippen LogP contribution in [0.15, 0.2) is 88.5 Å². The Labute approximate surface area is 188 Å². The van der Waals surface area contributed by atoms with Gasteiger partial charge in [0, 0.05) is 18.7 Å². The van der Waals surface area contributed by atoms with Gasteiger partial charge in [0.05, 0.1) is 6.54 Å². The summed E-state index contributed by atoms with van der Waals surface area (Å²) in [5.41, 5.74) is 6.71. The van der Waals surface area contributed by atoms with Crippen LogP contribution in [0.25, 0.3) is 0 Å². The molecular weight excluding hydrogens is 426 g/mol. The first kappa shape index (κ1) is 22.0. The molecule has 0 fully saturated rings. The molecule has 4 aromatic rings. The van der Waals surface area contributed by atoms with Gasteiger partial charge in [0.2, 0.25) is 0 Å². The average molecular weight is 448 g/mol. The normalized spacial score (nSPS) is 10.8. The van der Waals surface area contributed by atoms with Crippen molar-refractivity contribution in [1.82, 2.24) is 9.55 Å². The Hall–Kier alpha value is -4.20. The second kappa shape index (κ2) is 9.52. The minimum Gasteiger partial charge on any atom is -0.383 e. The quantitative estimate of drug-likeness (QED) is 0.452. The van der Waals surface area contributed by atoms with E-state index >= 15 is 0 Å². The third kappa shape index (κ3) is 4.85. The highest BCUT2D eigenvalue weighted by Crippen LogP contribution is 2.24. The first-order chi connectivity index (χ1) is 15.9. The molecule has 0 spiro atoms. The number of hydrogen-bond donors (Lipinski definition) is 2. The van der Waals surface area contributed by atoms with Crippen molar-refractivity contribution in [3.63, 3.8) is 0 Å². The molecule has 3 aromatic carbocycles. The van der Waals surface area contributed by atoms with Crippen molar-refractivity contribution in [3.05, 3.63) is 128 Å². The summed E-state index contributed by atoms with van der Waals surface area (Å²) < 4.78 is 29.6. The van der Waals surface area contributed by atoms with Crippen molar-refractivity contribution in [3.8, 4) is 0 Å². The van der Waals surface area contributed by atoms with Crippen molar-refractivity contribution in [2.75, 3.05) is 10.6 Å². The van der Waals surface area contributed by atoms with Crippen molar-refractivity contribution in [1.29, 1.82) is 0 Å². The summed E-state index contributed by atoms with van der Waals surface area (Å²) in [7, 11) is 0. The topological polar surface area (TPSA) is 84.1 Å². The van der Waals surface area contributed by atoms with Crippen LogP contribution in [0.4, 0.5) is 20.3 Å². The Morgan fingerprint density at radius 3 is 2.12 bits per heavy atom.